The Hall–Kier alpha value is -1.55. The zero-order valence-corrected chi connectivity index (χ0v) is 7.30. The van der Waals surface area contributed by atoms with Gasteiger partial charge in [-0.15, -0.1) is 0 Å². The Balaban J connectivity index is 3.03. The van der Waals surface area contributed by atoms with E-state index in [1.807, 2.05) is 0 Å². The van der Waals surface area contributed by atoms with Gasteiger partial charge in [-0.05, 0) is 12.1 Å². The van der Waals surface area contributed by atoms with Crippen LogP contribution in [0.4, 0.5) is 5.69 Å². The zero-order valence-electron chi connectivity index (χ0n) is 6.54. The zero-order chi connectivity index (χ0) is 9.42. The topological polar surface area (TPSA) is 71.8 Å². The van der Waals surface area contributed by atoms with E-state index >= 15 is 0 Å². The van der Waals surface area contributed by atoms with Crippen molar-refractivity contribution in [1.29, 1.82) is 0 Å². The predicted octanol–water partition coefficient (Wildman–Crippen LogP) is 1.16. The number of halogens is 1. The molecule has 2 aromatic rings. The fourth-order valence-corrected chi connectivity index (χ4v) is 1.29. The Kier molecular flexibility index (Phi) is 1.70. The van der Waals surface area contributed by atoms with Crippen LogP contribution < -0.4 is 11.3 Å². The maximum absolute atomic E-state index is 11.2. The van der Waals surface area contributed by atoms with Crippen LogP contribution in [0.2, 0.25) is 5.02 Å². The molecule has 3 N–H and O–H groups in total. The van der Waals surface area contributed by atoms with Gasteiger partial charge in [-0.3, -0.25) is 4.79 Å². The summed E-state index contributed by atoms with van der Waals surface area (Å²) in [6, 6.07) is 3.18. The van der Waals surface area contributed by atoms with E-state index < -0.39 is 0 Å². The highest BCUT2D eigenvalue weighted by Crippen LogP contribution is 2.24. The molecule has 0 saturated carbocycles. The minimum Gasteiger partial charge on any atom is -0.396 e. The molecule has 0 spiro atoms. The third-order valence-electron chi connectivity index (χ3n) is 1.80. The summed E-state index contributed by atoms with van der Waals surface area (Å²) < 4.78 is 0. The van der Waals surface area contributed by atoms with Crippen molar-refractivity contribution in [2.24, 2.45) is 0 Å². The number of hydrogen-bond donors (Lipinski definition) is 2. The number of aromatic nitrogens is 2. The molecular weight excluding hydrogens is 190 g/mol. The van der Waals surface area contributed by atoms with E-state index in [2.05, 4.69) is 9.97 Å². The highest BCUT2D eigenvalue weighted by molar-refractivity contribution is 6.34. The molecule has 0 fully saturated rings. The number of fused-ring (bicyclic) bond motifs is 1. The van der Waals surface area contributed by atoms with E-state index in [4.69, 9.17) is 17.3 Å². The smallest absolute Gasteiger partial charge is 0.258 e. The van der Waals surface area contributed by atoms with Crippen molar-refractivity contribution in [2.45, 2.75) is 0 Å². The van der Waals surface area contributed by atoms with Crippen LogP contribution in [0, 0.1) is 0 Å². The molecule has 2 rings (SSSR count). The summed E-state index contributed by atoms with van der Waals surface area (Å²) in [5, 5.41) is 0.856. The maximum atomic E-state index is 11.2. The standard InChI is InChI=1S/C8H6ClN3O/c9-5-2-1-4-7(6(5)10)11-3-12-8(4)13/h1-3H,10H2,(H,11,12,13). The second-order valence-corrected chi connectivity index (χ2v) is 3.00. The second-order valence-electron chi connectivity index (χ2n) is 2.59. The van der Waals surface area contributed by atoms with Gasteiger partial charge in [0.15, 0.2) is 0 Å². The van der Waals surface area contributed by atoms with Gasteiger partial charge in [0.2, 0.25) is 0 Å². The summed E-state index contributed by atoms with van der Waals surface area (Å²) in [5.41, 5.74) is 6.20. The fraction of sp³-hybridized carbons (Fsp3) is 0. The Bertz CT molecular complexity index is 520. The van der Waals surface area contributed by atoms with Crippen LogP contribution in [-0.2, 0) is 0 Å². The van der Waals surface area contributed by atoms with Crippen LogP contribution in [-0.4, -0.2) is 9.97 Å². The monoisotopic (exact) mass is 195 g/mol. The second kappa shape index (κ2) is 2.74. The Morgan fingerprint density at radius 2 is 2.23 bits per heavy atom. The van der Waals surface area contributed by atoms with Gasteiger partial charge in [0.05, 0.1) is 22.4 Å². The lowest BCUT2D eigenvalue weighted by molar-refractivity contribution is 1.17. The van der Waals surface area contributed by atoms with Crippen molar-refractivity contribution in [1.82, 2.24) is 9.97 Å². The van der Waals surface area contributed by atoms with Crippen LogP contribution in [0.1, 0.15) is 0 Å². The van der Waals surface area contributed by atoms with Crippen LogP contribution >= 0.6 is 11.6 Å². The molecule has 13 heavy (non-hydrogen) atoms. The van der Waals surface area contributed by atoms with E-state index in [1.165, 1.54) is 6.33 Å². The molecule has 0 bridgehead atoms. The maximum Gasteiger partial charge on any atom is 0.258 e. The summed E-state index contributed by atoms with van der Waals surface area (Å²) in [6.07, 6.45) is 1.30. The van der Waals surface area contributed by atoms with Gasteiger partial charge >= 0.3 is 0 Å². The van der Waals surface area contributed by atoms with Gasteiger partial charge in [-0.1, -0.05) is 11.6 Å². The lowest BCUT2D eigenvalue weighted by atomic mass is 10.2. The van der Waals surface area contributed by atoms with E-state index in [0.29, 0.717) is 21.6 Å². The number of aromatic amines is 1. The summed E-state index contributed by atoms with van der Waals surface area (Å²) in [5.74, 6) is 0. The predicted molar refractivity (Wildman–Crippen MR) is 51.8 cm³/mol. The number of hydrogen-bond acceptors (Lipinski definition) is 3. The minimum atomic E-state index is -0.214. The fourth-order valence-electron chi connectivity index (χ4n) is 1.14. The molecule has 5 heteroatoms. The molecule has 0 saturated heterocycles. The quantitative estimate of drug-likeness (QED) is 0.620. The minimum absolute atomic E-state index is 0.214. The molecule has 0 aliphatic carbocycles. The molecule has 0 aliphatic rings. The molecule has 0 aliphatic heterocycles. The molecule has 66 valence electrons. The molecule has 1 aromatic heterocycles. The van der Waals surface area contributed by atoms with Crippen molar-refractivity contribution in [3.05, 3.63) is 33.8 Å². The van der Waals surface area contributed by atoms with Crippen LogP contribution in [0.25, 0.3) is 10.9 Å². The Morgan fingerprint density at radius 1 is 1.46 bits per heavy atom. The van der Waals surface area contributed by atoms with Crippen molar-refractivity contribution < 1.29 is 0 Å². The lowest BCUT2D eigenvalue weighted by Crippen LogP contribution is -2.07. The van der Waals surface area contributed by atoms with E-state index in [-0.39, 0.29) is 5.56 Å². The van der Waals surface area contributed by atoms with Crippen molar-refractivity contribution in [3.63, 3.8) is 0 Å². The molecule has 0 amide bonds. The van der Waals surface area contributed by atoms with E-state index in [9.17, 15) is 4.79 Å². The van der Waals surface area contributed by atoms with Gasteiger partial charge in [-0.2, -0.15) is 0 Å². The summed E-state index contributed by atoms with van der Waals surface area (Å²) in [4.78, 5) is 17.6. The summed E-state index contributed by atoms with van der Waals surface area (Å²) >= 11 is 5.76. The highest BCUT2D eigenvalue weighted by Gasteiger charge is 2.05. The van der Waals surface area contributed by atoms with Crippen LogP contribution in [0.5, 0.6) is 0 Å². The number of nitrogen functional groups attached to an aromatic ring is 1. The Labute approximate surface area is 78.4 Å². The third-order valence-corrected chi connectivity index (χ3v) is 2.13. The first-order chi connectivity index (χ1) is 6.20. The molecule has 0 atom stereocenters. The highest BCUT2D eigenvalue weighted by atomic mass is 35.5. The number of nitrogens with zero attached hydrogens (tertiary/aromatic N) is 1. The lowest BCUT2D eigenvalue weighted by Gasteiger charge is -2.00. The number of rotatable bonds is 0. The number of H-pyrrole nitrogens is 1. The molecule has 1 aromatic carbocycles. The third kappa shape index (κ3) is 1.15. The molecule has 0 unspecified atom stereocenters. The van der Waals surface area contributed by atoms with E-state index in [0.717, 1.165) is 0 Å². The number of nitrogens with two attached hydrogens (primary N) is 1. The van der Waals surface area contributed by atoms with Gasteiger partial charge in [0.25, 0.3) is 5.56 Å². The molecular formula is C8H6ClN3O. The number of benzene rings is 1. The largest absolute Gasteiger partial charge is 0.396 e. The van der Waals surface area contributed by atoms with Crippen molar-refractivity contribution in [2.75, 3.05) is 5.73 Å². The first-order valence-electron chi connectivity index (χ1n) is 3.61. The SMILES string of the molecule is Nc1c(Cl)ccc2c(=O)[nH]cnc12. The van der Waals surface area contributed by atoms with Crippen LogP contribution in [0.3, 0.4) is 0 Å². The van der Waals surface area contributed by atoms with Crippen molar-refractivity contribution >= 4 is 28.2 Å². The molecule has 4 nitrogen and oxygen atoms in total. The summed E-state index contributed by atoms with van der Waals surface area (Å²) in [7, 11) is 0. The summed E-state index contributed by atoms with van der Waals surface area (Å²) in [6.45, 7) is 0. The van der Waals surface area contributed by atoms with Gasteiger partial charge in [0.1, 0.15) is 5.52 Å². The molecule has 0 radical (unpaired) electrons. The number of anilines is 1. The average Bonchev–Trinajstić information content (AvgIpc) is 2.12. The van der Waals surface area contributed by atoms with Crippen molar-refractivity contribution in [3.8, 4) is 0 Å². The van der Waals surface area contributed by atoms with E-state index in [1.54, 1.807) is 12.1 Å². The Morgan fingerprint density at radius 3 is 3.00 bits per heavy atom. The molecule has 1 heterocycles. The van der Waals surface area contributed by atoms with Crippen LogP contribution in [0.15, 0.2) is 23.3 Å². The van der Waals surface area contributed by atoms with Gasteiger partial charge < -0.3 is 10.7 Å². The number of nitrogens with one attached hydrogen (secondary N) is 1. The normalized spacial score (nSPS) is 10.5. The first kappa shape index (κ1) is 8.07. The van der Waals surface area contributed by atoms with Gasteiger partial charge in [-0.25, -0.2) is 4.98 Å². The van der Waals surface area contributed by atoms with Gasteiger partial charge in [0, 0.05) is 0 Å². The average molecular weight is 196 g/mol. The first-order valence-corrected chi connectivity index (χ1v) is 3.99.